The fourth-order valence-corrected chi connectivity index (χ4v) is 2.41. The third-order valence-corrected chi connectivity index (χ3v) is 3.26. The van der Waals surface area contributed by atoms with E-state index in [9.17, 15) is 4.79 Å². The number of aliphatic carboxylic acids is 1. The first-order valence-corrected chi connectivity index (χ1v) is 5.91. The van der Waals surface area contributed by atoms with Crippen LogP contribution in [-0.4, -0.2) is 23.4 Å². The number of hydrogen-bond acceptors (Lipinski definition) is 4. The summed E-state index contributed by atoms with van der Waals surface area (Å²) in [6.45, 7) is 1.82. The van der Waals surface area contributed by atoms with Gasteiger partial charge in [0.2, 0.25) is 0 Å². The fraction of sp³-hybridized carbons (Fsp3) is 0.333. The van der Waals surface area contributed by atoms with Crippen molar-refractivity contribution in [1.82, 2.24) is 0 Å². The first kappa shape index (κ1) is 13.4. The average Bonchev–Trinajstić information content (AvgIpc) is 2.27. The molecule has 4 nitrogen and oxygen atoms in total. The zero-order valence-corrected chi connectivity index (χ0v) is 10.5. The van der Waals surface area contributed by atoms with Gasteiger partial charge in [-0.2, -0.15) is 5.26 Å². The number of ether oxygens (including phenoxy) is 1. The van der Waals surface area contributed by atoms with Crippen molar-refractivity contribution in [3.05, 3.63) is 23.8 Å². The molecule has 0 radical (unpaired) electrons. The van der Waals surface area contributed by atoms with Crippen molar-refractivity contribution in [3.8, 4) is 11.8 Å². The van der Waals surface area contributed by atoms with Crippen LogP contribution in [0.5, 0.6) is 5.75 Å². The smallest absolute Gasteiger partial charge is 0.304 e. The summed E-state index contributed by atoms with van der Waals surface area (Å²) in [6.07, 6.45) is 0.0622. The average molecular weight is 251 g/mol. The summed E-state index contributed by atoms with van der Waals surface area (Å²) in [6, 6.07) is 7.22. The molecule has 0 heterocycles. The molecule has 17 heavy (non-hydrogen) atoms. The Kier molecular flexibility index (Phi) is 4.85. The van der Waals surface area contributed by atoms with E-state index in [0.29, 0.717) is 11.3 Å². The standard InChI is InChI=1S/C12H13NO3S/c1-8(5-12(14)15)17-11-6-10(16-2)4-3-9(11)7-13/h3-4,6,8H,5H2,1-2H3,(H,14,15). The number of hydrogen-bond donors (Lipinski definition) is 1. The van der Waals surface area contributed by atoms with Crippen molar-refractivity contribution in [2.45, 2.75) is 23.5 Å². The summed E-state index contributed by atoms with van der Waals surface area (Å²) in [5, 5.41) is 17.6. The molecule has 0 aliphatic carbocycles. The van der Waals surface area contributed by atoms with Crippen molar-refractivity contribution in [1.29, 1.82) is 5.26 Å². The SMILES string of the molecule is COc1ccc(C#N)c(SC(C)CC(=O)O)c1. The van der Waals surface area contributed by atoms with Gasteiger partial charge in [-0.15, -0.1) is 11.8 Å². The maximum atomic E-state index is 10.6. The molecule has 1 aromatic rings. The van der Waals surface area contributed by atoms with E-state index in [1.54, 1.807) is 25.3 Å². The number of benzene rings is 1. The van der Waals surface area contributed by atoms with Gasteiger partial charge in [-0.25, -0.2) is 0 Å². The molecule has 1 N–H and O–H groups in total. The molecule has 90 valence electrons. The minimum Gasteiger partial charge on any atom is -0.497 e. The number of carboxylic acids is 1. The van der Waals surface area contributed by atoms with Gasteiger partial charge in [-0.1, -0.05) is 6.92 Å². The number of nitrogens with zero attached hydrogens (tertiary/aromatic N) is 1. The molecule has 0 saturated heterocycles. The van der Waals surface area contributed by atoms with E-state index < -0.39 is 5.97 Å². The molecule has 0 aliphatic rings. The van der Waals surface area contributed by atoms with Crippen LogP contribution in [0.4, 0.5) is 0 Å². The molecule has 0 saturated carbocycles. The topological polar surface area (TPSA) is 70.3 Å². The summed E-state index contributed by atoms with van der Waals surface area (Å²) in [5.41, 5.74) is 0.535. The Morgan fingerprint density at radius 2 is 2.35 bits per heavy atom. The molecule has 0 aromatic heterocycles. The van der Waals surface area contributed by atoms with E-state index >= 15 is 0 Å². The van der Waals surface area contributed by atoms with Crippen molar-refractivity contribution in [3.63, 3.8) is 0 Å². The van der Waals surface area contributed by atoms with Crippen LogP contribution in [-0.2, 0) is 4.79 Å². The van der Waals surface area contributed by atoms with Gasteiger partial charge in [-0.05, 0) is 18.2 Å². The second kappa shape index (κ2) is 6.16. The van der Waals surface area contributed by atoms with Crippen molar-refractivity contribution in [2.75, 3.05) is 7.11 Å². The molecular formula is C12H13NO3S. The third kappa shape index (κ3) is 4.00. The van der Waals surface area contributed by atoms with Crippen LogP contribution in [0.3, 0.4) is 0 Å². The van der Waals surface area contributed by atoms with Gasteiger partial charge in [0.05, 0.1) is 19.1 Å². The Morgan fingerprint density at radius 3 is 2.88 bits per heavy atom. The van der Waals surface area contributed by atoms with Gasteiger partial charge in [-0.3, -0.25) is 4.79 Å². The Morgan fingerprint density at radius 1 is 1.65 bits per heavy atom. The molecule has 1 aromatic carbocycles. The van der Waals surface area contributed by atoms with Crippen molar-refractivity contribution in [2.24, 2.45) is 0 Å². The highest BCUT2D eigenvalue weighted by Gasteiger charge is 2.12. The number of rotatable bonds is 5. The minimum absolute atomic E-state index is 0.0622. The molecule has 0 aliphatic heterocycles. The highest BCUT2D eigenvalue weighted by atomic mass is 32.2. The molecule has 0 amide bonds. The third-order valence-electron chi connectivity index (χ3n) is 2.10. The predicted molar refractivity (Wildman–Crippen MR) is 65.3 cm³/mol. The lowest BCUT2D eigenvalue weighted by Gasteiger charge is -2.11. The van der Waals surface area contributed by atoms with Crippen LogP contribution < -0.4 is 4.74 Å². The quantitative estimate of drug-likeness (QED) is 0.814. The molecule has 0 bridgehead atoms. The molecule has 1 unspecified atom stereocenters. The van der Waals surface area contributed by atoms with Gasteiger partial charge in [0.25, 0.3) is 0 Å². The predicted octanol–water partition coefficient (Wildman–Crippen LogP) is 2.52. The highest BCUT2D eigenvalue weighted by molar-refractivity contribution is 8.00. The summed E-state index contributed by atoms with van der Waals surface area (Å²) >= 11 is 1.37. The van der Waals surface area contributed by atoms with Crippen molar-refractivity contribution < 1.29 is 14.6 Å². The Balaban J connectivity index is 2.88. The van der Waals surface area contributed by atoms with Gasteiger partial charge >= 0.3 is 5.97 Å². The van der Waals surface area contributed by atoms with Gasteiger partial charge in [0.15, 0.2) is 0 Å². The molecule has 0 spiro atoms. The number of nitriles is 1. The van der Waals surface area contributed by atoms with Gasteiger partial charge in [0.1, 0.15) is 11.8 Å². The Labute approximate surface area is 104 Å². The van der Waals surface area contributed by atoms with Crippen LogP contribution in [0.1, 0.15) is 18.9 Å². The number of carboxylic acid groups (broad SMARTS) is 1. The zero-order valence-electron chi connectivity index (χ0n) is 9.64. The molecule has 1 atom stereocenters. The van der Waals surface area contributed by atoms with Crippen LogP contribution in [0.2, 0.25) is 0 Å². The van der Waals surface area contributed by atoms with E-state index in [4.69, 9.17) is 15.1 Å². The van der Waals surface area contributed by atoms with E-state index in [-0.39, 0.29) is 11.7 Å². The Hall–Kier alpha value is -1.67. The molecule has 0 fully saturated rings. The lowest BCUT2D eigenvalue weighted by atomic mass is 10.2. The van der Waals surface area contributed by atoms with Gasteiger partial charge in [0, 0.05) is 10.1 Å². The zero-order chi connectivity index (χ0) is 12.8. The normalized spacial score (nSPS) is 11.6. The minimum atomic E-state index is -0.841. The lowest BCUT2D eigenvalue weighted by molar-refractivity contribution is -0.136. The monoisotopic (exact) mass is 251 g/mol. The largest absolute Gasteiger partial charge is 0.497 e. The maximum absolute atomic E-state index is 10.6. The summed E-state index contributed by atoms with van der Waals surface area (Å²) in [7, 11) is 1.55. The fourth-order valence-electron chi connectivity index (χ4n) is 1.32. The second-order valence-corrected chi connectivity index (χ2v) is 4.98. The maximum Gasteiger partial charge on any atom is 0.304 e. The summed E-state index contributed by atoms with van der Waals surface area (Å²) < 4.78 is 5.08. The molecule has 5 heteroatoms. The first-order chi connectivity index (χ1) is 8.06. The number of thioether (sulfide) groups is 1. The second-order valence-electron chi connectivity index (χ2n) is 3.50. The van der Waals surface area contributed by atoms with Crippen LogP contribution in [0.15, 0.2) is 23.1 Å². The first-order valence-electron chi connectivity index (χ1n) is 5.03. The van der Waals surface area contributed by atoms with E-state index in [2.05, 4.69) is 6.07 Å². The van der Waals surface area contributed by atoms with E-state index in [1.165, 1.54) is 11.8 Å². The van der Waals surface area contributed by atoms with Crippen LogP contribution >= 0.6 is 11.8 Å². The van der Waals surface area contributed by atoms with Crippen molar-refractivity contribution >= 4 is 17.7 Å². The summed E-state index contributed by atoms with van der Waals surface area (Å²) in [4.78, 5) is 11.3. The van der Waals surface area contributed by atoms with E-state index in [0.717, 1.165) is 4.90 Å². The van der Waals surface area contributed by atoms with Crippen LogP contribution in [0, 0.1) is 11.3 Å². The van der Waals surface area contributed by atoms with E-state index in [1.807, 2.05) is 6.92 Å². The molecular weight excluding hydrogens is 238 g/mol. The number of methoxy groups -OCH3 is 1. The highest BCUT2D eigenvalue weighted by Crippen LogP contribution is 2.31. The lowest BCUT2D eigenvalue weighted by Crippen LogP contribution is -2.05. The van der Waals surface area contributed by atoms with Gasteiger partial charge < -0.3 is 9.84 Å². The Bertz CT molecular complexity index is 454. The van der Waals surface area contributed by atoms with Crippen LogP contribution in [0.25, 0.3) is 0 Å². The molecule has 1 rings (SSSR count). The summed E-state index contributed by atoms with van der Waals surface area (Å²) in [5.74, 6) is -0.180. The number of carbonyl (C=O) groups is 1.